The smallest absolute Gasteiger partial charge is 0.251 e. The predicted octanol–water partition coefficient (Wildman–Crippen LogP) is 1.94. The first kappa shape index (κ1) is 14.9. The number of rotatable bonds is 5. The lowest BCUT2D eigenvalue weighted by molar-refractivity contribution is -0.122. The first-order chi connectivity index (χ1) is 8.54. The number of halogens is 1. The number of carbonyl (C=O) groups is 2. The van der Waals surface area contributed by atoms with Crippen LogP contribution >= 0.6 is 22.6 Å². The van der Waals surface area contributed by atoms with Crippen molar-refractivity contribution < 1.29 is 9.59 Å². The summed E-state index contributed by atoms with van der Waals surface area (Å²) in [6, 6.07) is 6.72. The summed E-state index contributed by atoms with van der Waals surface area (Å²) in [7, 11) is 0. The molecular weight excluding hydrogens is 343 g/mol. The molecule has 0 unspecified atom stereocenters. The average Bonchev–Trinajstić information content (AvgIpc) is 2.35. The average molecular weight is 360 g/mol. The molecule has 4 nitrogen and oxygen atoms in total. The number of amides is 2. The Bertz CT molecular complexity index is 435. The molecule has 1 aromatic rings. The number of hydrogen-bond donors (Lipinski definition) is 2. The third-order valence-electron chi connectivity index (χ3n) is 2.38. The van der Waals surface area contributed by atoms with Crippen LogP contribution in [0.3, 0.4) is 0 Å². The minimum absolute atomic E-state index is 0.157. The van der Waals surface area contributed by atoms with Gasteiger partial charge in [0.1, 0.15) is 6.04 Å². The summed E-state index contributed by atoms with van der Waals surface area (Å²) in [5, 5.41) is 5.42. The number of nitrogens with one attached hydrogen (secondary N) is 2. The van der Waals surface area contributed by atoms with Gasteiger partial charge in [0, 0.05) is 15.7 Å². The van der Waals surface area contributed by atoms with Crippen molar-refractivity contribution in [1.29, 1.82) is 0 Å². The first-order valence-electron chi connectivity index (χ1n) is 5.88. The lowest BCUT2D eigenvalue weighted by Gasteiger charge is -2.13. The maximum absolute atomic E-state index is 11.9. The highest BCUT2D eigenvalue weighted by Crippen LogP contribution is 2.07. The Labute approximate surface area is 121 Å². The summed E-state index contributed by atoms with van der Waals surface area (Å²) in [5.41, 5.74) is 0.567. The highest BCUT2D eigenvalue weighted by Gasteiger charge is 2.15. The standard InChI is InChI=1S/C13H17IN2O2/c1-3-7-15-12(17)9(2)16-13(18)10-5-4-6-11(14)8-10/h4-6,8-9H,3,7H2,1-2H3,(H,15,17)(H,16,18)/t9-/m0/s1. The number of hydrogen-bond acceptors (Lipinski definition) is 2. The highest BCUT2D eigenvalue weighted by atomic mass is 127. The Kier molecular flexibility index (Phi) is 6.11. The molecule has 2 amide bonds. The molecule has 2 N–H and O–H groups in total. The molecule has 0 fully saturated rings. The molecule has 0 saturated heterocycles. The Morgan fingerprint density at radius 1 is 1.39 bits per heavy atom. The second kappa shape index (κ2) is 7.35. The van der Waals surface area contributed by atoms with Gasteiger partial charge in [0.15, 0.2) is 0 Å². The van der Waals surface area contributed by atoms with Gasteiger partial charge in [-0.15, -0.1) is 0 Å². The summed E-state index contributed by atoms with van der Waals surface area (Å²) in [4.78, 5) is 23.5. The van der Waals surface area contributed by atoms with Crippen molar-refractivity contribution in [2.75, 3.05) is 6.54 Å². The topological polar surface area (TPSA) is 58.2 Å². The zero-order valence-electron chi connectivity index (χ0n) is 10.5. The molecule has 0 aromatic heterocycles. The molecule has 0 saturated carbocycles. The van der Waals surface area contributed by atoms with E-state index in [0.717, 1.165) is 9.99 Å². The molecule has 0 aliphatic heterocycles. The molecule has 98 valence electrons. The quantitative estimate of drug-likeness (QED) is 0.789. The van der Waals surface area contributed by atoms with Gasteiger partial charge in [-0.1, -0.05) is 13.0 Å². The zero-order valence-corrected chi connectivity index (χ0v) is 12.7. The van der Waals surface area contributed by atoms with E-state index in [1.165, 1.54) is 0 Å². The molecule has 0 aliphatic carbocycles. The summed E-state index contributed by atoms with van der Waals surface area (Å²) >= 11 is 2.14. The Balaban J connectivity index is 2.56. The van der Waals surface area contributed by atoms with E-state index >= 15 is 0 Å². The monoisotopic (exact) mass is 360 g/mol. The molecule has 0 bridgehead atoms. The lowest BCUT2D eigenvalue weighted by atomic mass is 10.2. The van der Waals surface area contributed by atoms with Gasteiger partial charge < -0.3 is 10.6 Å². The van der Waals surface area contributed by atoms with Crippen molar-refractivity contribution in [3.63, 3.8) is 0 Å². The third kappa shape index (κ3) is 4.64. The van der Waals surface area contributed by atoms with Gasteiger partial charge in [-0.2, -0.15) is 0 Å². The third-order valence-corrected chi connectivity index (χ3v) is 3.05. The number of carbonyl (C=O) groups excluding carboxylic acids is 2. The van der Waals surface area contributed by atoms with Gasteiger partial charge in [-0.3, -0.25) is 9.59 Å². The van der Waals surface area contributed by atoms with Gasteiger partial charge in [-0.05, 0) is 54.1 Å². The lowest BCUT2D eigenvalue weighted by Crippen LogP contribution is -2.45. The van der Waals surface area contributed by atoms with Crippen molar-refractivity contribution in [2.45, 2.75) is 26.3 Å². The van der Waals surface area contributed by atoms with Crippen LogP contribution in [0.4, 0.5) is 0 Å². The van der Waals surface area contributed by atoms with Crippen LogP contribution in [0.15, 0.2) is 24.3 Å². The molecule has 1 aromatic carbocycles. The van der Waals surface area contributed by atoms with E-state index < -0.39 is 6.04 Å². The van der Waals surface area contributed by atoms with E-state index in [2.05, 4.69) is 33.2 Å². The van der Waals surface area contributed by atoms with Crippen molar-refractivity contribution >= 4 is 34.4 Å². The molecule has 0 aliphatic rings. The SMILES string of the molecule is CCCNC(=O)[C@H](C)NC(=O)c1cccc(I)c1. The Morgan fingerprint density at radius 2 is 2.11 bits per heavy atom. The minimum atomic E-state index is -0.526. The molecule has 18 heavy (non-hydrogen) atoms. The molecule has 0 heterocycles. The van der Waals surface area contributed by atoms with Gasteiger partial charge in [-0.25, -0.2) is 0 Å². The second-order valence-corrected chi connectivity index (χ2v) is 5.24. The molecule has 0 radical (unpaired) electrons. The fourth-order valence-electron chi connectivity index (χ4n) is 1.38. The number of benzene rings is 1. The summed E-state index contributed by atoms with van der Waals surface area (Å²) in [5.74, 6) is -0.386. The van der Waals surface area contributed by atoms with Crippen LogP contribution in [-0.2, 0) is 4.79 Å². The predicted molar refractivity (Wildman–Crippen MR) is 79.4 cm³/mol. The molecule has 1 atom stereocenters. The summed E-state index contributed by atoms with van der Waals surface area (Å²) < 4.78 is 0.989. The van der Waals surface area contributed by atoms with Crippen LogP contribution in [0.2, 0.25) is 0 Å². The summed E-state index contributed by atoms with van der Waals surface area (Å²) in [6.07, 6.45) is 0.878. The summed E-state index contributed by atoms with van der Waals surface area (Å²) in [6.45, 7) is 4.29. The van der Waals surface area contributed by atoms with Crippen LogP contribution in [0.1, 0.15) is 30.6 Å². The van der Waals surface area contributed by atoms with Gasteiger partial charge in [0.05, 0.1) is 0 Å². The van der Waals surface area contributed by atoms with Gasteiger partial charge in [0.25, 0.3) is 5.91 Å². The molecule has 1 rings (SSSR count). The van der Waals surface area contributed by atoms with Crippen molar-refractivity contribution in [1.82, 2.24) is 10.6 Å². The Hall–Kier alpha value is -1.11. The fraction of sp³-hybridized carbons (Fsp3) is 0.385. The zero-order chi connectivity index (χ0) is 13.5. The first-order valence-corrected chi connectivity index (χ1v) is 6.96. The van der Waals surface area contributed by atoms with E-state index in [1.54, 1.807) is 19.1 Å². The highest BCUT2D eigenvalue weighted by molar-refractivity contribution is 14.1. The fourth-order valence-corrected chi connectivity index (χ4v) is 1.92. The van der Waals surface area contributed by atoms with E-state index in [1.807, 2.05) is 19.1 Å². The maximum atomic E-state index is 11.9. The van der Waals surface area contributed by atoms with Crippen molar-refractivity contribution in [3.05, 3.63) is 33.4 Å². The van der Waals surface area contributed by atoms with Gasteiger partial charge >= 0.3 is 0 Å². The Morgan fingerprint density at radius 3 is 2.72 bits per heavy atom. The largest absolute Gasteiger partial charge is 0.354 e. The maximum Gasteiger partial charge on any atom is 0.251 e. The van der Waals surface area contributed by atoms with Crippen LogP contribution in [0, 0.1) is 3.57 Å². The van der Waals surface area contributed by atoms with Crippen molar-refractivity contribution in [2.24, 2.45) is 0 Å². The van der Waals surface area contributed by atoms with Crippen LogP contribution in [0.25, 0.3) is 0 Å². The van der Waals surface area contributed by atoms with Crippen LogP contribution in [-0.4, -0.2) is 24.4 Å². The second-order valence-electron chi connectivity index (χ2n) is 4.00. The van der Waals surface area contributed by atoms with Crippen LogP contribution in [0.5, 0.6) is 0 Å². The van der Waals surface area contributed by atoms with Gasteiger partial charge in [0.2, 0.25) is 5.91 Å². The van der Waals surface area contributed by atoms with E-state index in [-0.39, 0.29) is 11.8 Å². The molecular formula is C13H17IN2O2. The van der Waals surface area contributed by atoms with E-state index in [0.29, 0.717) is 12.1 Å². The van der Waals surface area contributed by atoms with E-state index in [4.69, 9.17) is 0 Å². The normalized spacial score (nSPS) is 11.7. The molecule has 5 heteroatoms. The molecule has 0 spiro atoms. The van der Waals surface area contributed by atoms with Crippen molar-refractivity contribution in [3.8, 4) is 0 Å². The van der Waals surface area contributed by atoms with E-state index in [9.17, 15) is 9.59 Å². The minimum Gasteiger partial charge on any atom is -0.354 e. The van der Waals surface area contributed by atoms with Crippen LogP contribution < -0.4 is 10.6 Å².